The van der Waals surface area contributed by atoms with Gasteiger partial charge in [-0.2, -0.15) is 0 Å². The number of benzene rings is 1. The highest BCUT2D eigenvalue weighted by Crippen LogP contribution is 2.26. The maximum absolute atomic E-state index is 9.31. The van der Waals surface area contributed by atoms with Crippen molar-refractivity contribution in [2.45, 2.75) is 6.61 Å². The molecule has 3 heterocycles. The third-order valence-corrected chi connectivity index (χ3v) is 4.47. The van der Waals surface area contributed by atoms with E-state index in [-0.39, 0.29) is 6.61 Å². The highest BCUT2D eigenvalue weighted by atomic mass is 32.1. The number of hydrogen-bond acceptors (Lipinski definition) is 4. The molecule has 0 aliphatic rings. The van der Waals surface area contributed by atoms with Crippen LogP contribution >= 0.6 is 11.3 Å². The summed E-state index contributed by atoms with van der Waals surface area (Å²) in [4.78, 5) is 10.0. The molecule has 0 spiro atoms. The van der Waals surface area contributed by atoms with E-state index in [1.807, 2.05) is 52.5 Å². The lowest BCUT2D eigenvalue weighted by Crippen LogP contribution is -1.92. The van der Waals surface area contributed by atoms with Crippen molar-refractivity contribution in [2.24, 2.45) is 0 Å². The van der Waals surface area contributed by atoms with E-state index in [2.05, 4.69) is 16.0 Å². The van der Waals surface area contributed by atoms with Crippen LogP contribution in [0.15, 0.2) is 60.4 Å². The minimum absolute atomic E-state index is 0.0343. The molecule has 0 atom stereocenters. The van der Waals surface area contributed by atoms with Gasteiger partial charge < -0.3 is 5.11 Å². The highest BCUT2D eigenvalue weighted by Gasteiger charge is 2.09. The van der Waals surface area contributed by atoms with E-state index in [1.54, 1.807) is 17.5 Å². The van der Waals surface area contributed by atoms with Crippen LogP contribution in [0, 0.1) is 0 Å². The molecule has 0 unspecified atom stereocenters. The molecule has 4 rings (SSSR count). The Morgan fingerprint density at radius 2 is 2.05 bits per heavy atom. The van der Waals surface area contributed by atoms with Crippen molar-refractivity contribution < 1.29 is 5.11 Å². The van der Waals surface area contributed by atoms with Crippen LogP contribution in [-0.4, -0.2) is 19.5 Å². The lowest BCUT2D eigenvalue weighted by atomic mass is 10.1. The lowest BCUT2D eigenvalue weighted by molar-refractivity contribution is 0.282. The summed E-state index contributed by atoms with van der Waals surface area (Å²) in [5.74, 6) is 0. The van der Waals surface area contributed by atoms with E-state index in [4.69, 9.17) is 0 Å². The fourth-order valence-electron chi connectivity index (χ4n) is 2.48. The SMILES string of the molecule is OCc1cccc(-c2cnc3cnc(-c4cccs4)cn23)c1. The summed E-state index contributed by atoms with van der Waals surface area (Å²) in [6.45, 7) is 0.0343. The number of nitrogens with zero attached hydrogens (tertiary/aromatic N) is 3. The molecule has 4 aromatic rings. The summed E-state index contributed by atoms with van der Waals surface area (Å²) in [6, 6.07) is 11.9. The van der Waals surface area contributed by atoms with Crippen LogP contribution in [0.1, 0.15) is 5.56 Å². The molecule has 1 N–H and O–H groups in total. The molecule has 0 radical (unpaired) electrons. The second-order valence-corrected chi connectivity index (χ2v) is 5.93. The minimum Gasteiger partial charge on any atom is -0.392 e. The largest absolute Gasteiger partial charge is 0.392 e. The third kappa shape index (κ3) is 2.20. The van der Waals surface area contributed by atoms with E-state index >= 15 is 0 Å². The number of aliphatic hydroxyl groups excluding tert-OH is 1. The number of aliphatic hydroxyl groups is 1. The number of aromatic nitrogens is 3. The van der Waals surface area contributed by atoms with Crippen molar-refractivity contribution in [2.75, 3.05) is 0 Å². The fraction of sp³-hybridized carbons (Fsp3) is 0.0588. The van der Waals surface area contributed by atoms with Crippen molar-refractivity contribution in [3.05, 3.63) is 65.9 Å². The maximum Gasteiger partial charge on any atom is 0.155 e. The van der Waals surface area contributed by atoms with Crippen molar-refractivity contribution >= 4 is 17.0 Å². The molecular weight excluding hydrogens is 294 g/mol. The Morgan fingerprint density at radius 1 is 1.09 bits per heavy atom. The standard InChI is InChI=1S/C17H13N3OS/c21-11-12-3-1-4-13(7-12)15-8-19-17-9-18-14(10-20(15)17)16-5-2-6-22-16/h1-10,21H,11H2. The summed E-state index contributed by atoms with van der Waals surface area (Å²) in [5.41, 5.74) is 4.65. The van der Waals surface area contributed by atoms with Gasteiger partial charge in [-0.05, 0) is 23.1 Å². The van der Waals surface area contributed by atoms with E-state index in [9.17, 15) is 5.11 Å². The summed E-state index contributed by atoms with van der Waals surface area (Å²) in [6.07, 6.45) is 5.63. The topological polar surface area (TPSA) is 50.4 Å². The van der Waals surface area contributed by atoms with Crippen LogP contribution in [0.4, 0.5) is 0 Å². The van der Waals surface area contributed by atoms with Crippen molar-refractivity contribution in [3.8, 4) is 21.8 Å². The number of hydrogen-bond donors (Lipinski definition) is 1. The van der Waals surface area contributed by atoms with Gasteiger partial charge in [0.2, 0.25) is 0 Å². The first-order chi connectivity index (χ1) is 10.8. The molecule has 0 bridgehead atoms. The first kappa shape index (κ1) is 13.2. The Balaban J connectivity index is 1.89. The number of imidazole rings is 1. The van der Waals surface area contributed by atoms with Gasteiger partial charge in [-0.3, -0.25) is 4.40 Å². The molecule has 0 aliphatic carbocycles. The summed E-state index contributed by atoms with van der Waals surface area (Å²) in [5, 5.41) is 11.4. The molecular formula is C17H13N3OS. The van der Waals surface area contributed by atoms with Gasteiger partial charge >= 0.3 is 0 Å². The predicted molar refractivity (Wildman–Crippen MR) is 87.7 cm³/mol. The average Bonchev–Trinajstić information content (AvgIpc) is 3.23. The van der Waals surface area contributed by atoms with Crippen LogP contribution < -0.4 is 0 Å². The van der Waals surface area contributed by atoms with Gasteiger partial charge in [0, 0.05) is 11.8 Å². The van der Waals surface area contributed by atoms with Gasteiger partial charge in [-0.25, -0.2) is 9.97 Å². The second-order valence-electron chi connectivity index (χ2n) is 4.98. The molecule has 22 heavy (non-hydrogen) atoms. The molecule has 0 saturated carbocycles. The molecule has 0 saturated heterocycles. The lowest BCUT2D eigenvalue weighted by Gasteiger charge is -2.05. The van der Waals surface area contributed by atoms with Crippen LogP contribution in [0.25, 0.3) is 27.5 Å². The van der Waals surface area contributed by atoms with E-state index in [0.717, 1.165) is 33.0 Å². The number of fused-ring (bicyclic) bond motifs is 1. The quantitative estimate of drug-likeness (QED) is 0.629. The number of rotatable bonds is 3. The molecule has 5 heteroatoms. The second kappa shape index (κ2) is 5.36. The van der Waals surface area contributed by atoms with Crippen LogP contribution in [0.2, 0.25) is 0 Å². The van der Waals surface area contributed by atoms with Crippen LogP contribution in [0.5, 0.6) is 0 Å². The van der Waals surface area contributed by atoms with Gasteiger partial charge in [0.05, 0.1) is 35.3 Å². The summed E-state index contributed by atoms with van der Waals surface area (Å²) in [7, 11) is 0. The molecule has 0 fully saturated rings. The predicted octanol–water partition coefficient (Wildman–Crippen LogP) is 3.62. The molecule has 108 valence electrons. The zero-order valence-corrected chi connectivity index (χ0v) is 12.5. The Bertz CT molecular complexity index is 928. The highest BCUT2D eigenvalue weighted by molar-refractivity contribution is 7.13. The van der Waals surface area contributed by atoms with Gasteiger partial charge in [0.25, 0.3) is 0 Å². The fourth-order valence-corrected chi connectivity index (χ4v) is 3.17. The molecule has 0 aliphatic heterocycles. The average molecular weight is 307 g/mol. The van der Waals surface area contributed by atoms with Crippen molar-refractivity contribution in [3.63, 3.8) is 0 Å². The third-order valence-electron chi connectivity index (χ3n) is 3.57. The minimum atomic E-state index is 0.0343. The summed E-state index contributed by atoms with van der Waals surface area (Å²) >= 11 is 1.67. The van der Waals surface area contributed by atoms with Gasteiger partial charge in [0.15, 0.2) is 5.65 Å². The summed E-state index contributed by atoms with van der Waals surface area (Å²) < 4.78 is 2.04. The van der Waals surface area contributed by atoms with Crippen LogP contribution in [-0.2, 0) is 6.61 Å². The van der Waals surface area contributed by atoms with Gasteiger partial charge in [-0.15, -0.1) is 11.3 Å². The smallest absolute Gasteiger partial charge is 0.155 e. The Morgan fingerprint density at radius 3 is 2.86 bits per heavy atom. The van der Waals surface area contributed by atoms with Crippen LogP contribution in [0.3, 0.4) is 0 Å². The number of thiophene rings is 1. The first-order valence-electron chi connectivity index (χ1n) is 6.92. The van der Waals surface area contributed by atoms with Gasteiger partial charge in [0.1, 0.15) is 0 Å². The van der Waals surface area contributed by atoms with Gasteiger partial charge in [-0.1, -0.05) is 24.3 Å². The first-order valence-corrected chi connectivity index (χ1v) is 7.80. The zero-order chi connectivity index (χ0) is 14.9. The molecule has 4 nitrogen and oxygen atoms in total. The monoisotopic (exact) mass is 307 g/mol. The normalized spacial score (nSPS) is 11.1. The van der Waals surface area contributed by atoms with Crippen molar-refractivity contribution in [1.82, 2.24) is 14.4 Å². The Labute approximate surface area is 131 Å². The molecule has 3 aromatic heterocycles. The van der Waals surface area contributed by atoms with E-state index in [1.165, 1.54) is 0 Å². The van der Waals surface area contributed by atoms with E-state index in [0.29, 0.717) is 0 Å². The Kier molecular flexibility index (Phi) is 3.21. The Hall–Kier alpha value is -2.50. The maximum atomic E-state index is 9.31. The zero-order valence-electron chi connectivity index (χ0n) is 11.7. The molecule has 1 aromatic carbocycles. The molecule has 0 amide bonds. The van der Waals surface area contributed by atoms with Crippen molar-refractivity contribution in [1.29, 1.82) is 0 Å². The van der Waals surface area contributed by atoms with E-state index < -0.39 is 0 Å².